The fraction of sp³-hybridized carbons (Fsp3) is 0.333. The van der Waals surface area contributed by atoms with Crippen molar-refractivity contribution < 1.29 is 19.4 Å². The van der Waals surface area contributed by atoms with Crippen LogP contribution in [0.3, 0.4) is 0 Å². The van der Waals surface area contributed by atoms with Crippen LogP contribution in [0.2, 0.25) is 0 Å². The molecule has 0 rings (SSSR count). The van der Waals surface area contributed by atoms with E-state index in [1.165, 1.54) is 0 Å². The van der Waals surface area contributed by atoms with Crippen LogP contribution in [0.4, 0.5) is 0 Å². The van der Waals surface area contributed by atoms with Crippen LogP contribution in [0.25, 0.3) is 0 Å². The summed E-state index contributed by atoms with van der Waals surface area (Å²) in [4.78, 5) is 20.5. The predicted octanol–water partition coefficient (Wildman–Crippen LogP) is -1.44. The van der Waals surface area contributed by atoms with Gasteiger partial charge in [0.25, 0.3) is 0 Å². The molecule has 0 saturated heterocycles. The summed E-state index contributed by atoms with van der Waals surface area (Å²) in [7, 11) is 0. The quantitative estimate of drug-likeness (QED) is 0.388. The van der Waals surface area contributed by atoms with Crippen molar-refractivity contribution in [2.75, 3.05) is 13.2 Å². The molecule has 5 nitrogen and oxygen atoms in total. The number of rotatable bonds is 4. The van der Waals surface area contributed by atoms with E-state index < -0.39 is 11.9 Å². The molecule has 0 atom stereocenters. The van der Waals surface area contributed by atoms with E-state index >= 15 is 0 Å². The fourth-order valence-corrected chi connectivity index (χ4v) is 0.345. The Morgan fingerprint density at radius 2 is 2.09 bits per heavy atom. The number of nitrogens with two attached hydrogens (primary N) is 1. The first kappa shape index (κ1) is 9.64. The highest BCUT2D eigenvalue weighted by molar-refractivity contribution is 5.93. The molecule has 0 aliphatic rings. The van der Waals surface area contributed by atoms with E-state index in [1.54, 1.807) is 0 Å². The first-order valence-electron chi connectivity index (χ1n) is 2.92. The van der Waals surface area contributed by atoms with Gasteiger partial charge < -0.3 is 15.6 Å². The molecule has 11 heavy (non-hydrogen) atoms. The Labute approximate surface area is 63.4 Å². The highest BCUT2D eigenvalue weighted by Crippen LogP contribution is 1.79. The normalized spacial score (nSPS) is 9.91. The van der Waals surface area contributed by atoms with Gasteiger partial charge >= 0.3 is 5.97 Å². The van der Waals surface area contributed by atoms with Crippen molar-refractivity contribution in [3.63, 3.8) is 0 Å². The molecule has 0 saturated carbocycles. The zero-order chi connectivity index (χ0) is 8.69. The van der Waals surface area contributed by atoms with Crippen molar-refractivity contribution in [2.24, 2.45) is 5.73 Å². The zero-order valence-corrected chi connectivity index (χ0v) is 5.82. The standard InChI is InChI=1S/C6H9NO4/c7-5(9)1-2-6(10)11-4-3-8/h1-2,8H,3-4H2,(H2,7,9)/b2-1-. The van der Waals surface area contributed by atoms with Crippen LogP contribution in [0.15, 0.2) is 12.2 Å². The summed E-state index contributed by atoms with van der Waals surface area (Å²) in [6.07, 6.45) is 1.79. The number of hydrogen-bond donors (Lipinski definition) is 2. The SMILES string of the molecule is NC(=O)/C=C\C(=O)OCCO. The Morgan fingerprint density at radius 3 is 2.55 bits per heavy atom. The second-order valence-corrected chi connectivity index (χ2v) is 1.63. The summed E-state index contributed by atoms with van der Waals surface area (Å²) in [5.41, 5.74) is 4.69. The zero-order valence-electron chi connectivity index (χ0n) is 5.82. The van der Waals surface area contributed by atoms with Gasteiger partial charge in [0.15, 0.2) is 0 Å². The Balaban J connectivity index is 3.60. The molecular weight excluding hydrogens is 150 g/mol. The molecule has 0 spiro atoms. The fourth-order valence-electron chi connectivity index (χ4n) is 0.345. The van der Waals surface area contributed by atoms with Crippen molar-refractivity contribution in [2.45, 2.75) is 0 Å². The predicted molar refractivity (Wildman–Crippen MR) is 36.4 cm³/mol. The molecule has 0 bridgehead atoms. The van der Waals surface area contributed by atoms with Crippen LogP contribution < -0.4 is 5.73 Å². The minimum absolute atomic E-state index is 0.0814. The highest BCUT2D eigenvalue weighted by Gasteiger charge is 1.94. The average Bonchev–Trinajstić information content (AvgIpc) is 1.97. The molecule has 0 aliphatic heterocycles. The van der Waals surface area contributed by atoms with Gasteiger partial charge in [-0.25, -0.2) is 4.79 Å². The van der Waals surface area contributed by atoms with Crippen molar-refractivity contribution >= 4 is 11.9 Å². The van der Waals surface area contributed by atoms with E-state index in [-0.39, 0.29) is 13.2 Å². The molecule has 1 amide bonds. The third-order valence-corrected chi connectivity index (χ3v) is 0.719. The van der Waals surface area contributed by atoms with Crippen LogP contribution in [0.5, 0.6) is 0 Å². The van der Waals surface area contributed by atoms with E-state index in [4.69, 9.17) is 5.11 Å². The van der Waals surface area contributed by atoms with Crippen LogP contribution in [0.1, 0.15) is 0 Å². The number of aliphatic hydroxyl groups is 1. The summed E-state index contributed by atoms with van der Waals surface area (Å²) in [6.45, 7) is -0.321. The second-order valence-electron chi connectivity index (χ2n) is 1.63. The number of carbonyl (C=O) groups is 2. The van der Waals surface area contributed by atoms with Crippen LogP contribution in [-0.2, 0) is 14.3 Å². The molecule has 0 aromatic rings. The van der Waals surface area contributed by atoms with Gasteiger partial charge in [-0.15, -0.1) is 0 Å². The minimum atomic E-state index is -0.717. The maximum absolute atomic E-state index is 10.5. The number of primary amides is 1. The molecular formula is C6H9NO4. The first-order chi connectivity index (χ1) is 5.16. The maximum Gasteiger partial charge on any atom is 0.331 e. The molecule has 0 aliphatic carbocycles. The third-order valence-electron chi connectivity index (χ3n) is 0.719. The molecule has 5 heteroatoms. The minimum Gasteiger partial charge on any atom is -0.460 e. The Hall–Kier alpha value is -1.36. The van der Waals surface area contributed by atoms with Gasteiger partial charge in [-0.2, -0.15) is 0 Å². The van der Waals surface area contributed by atoms with Crippen molar-refractivity contribution in [3.8, 4) is 0 Å². The molecule has 0 aromatic heterocycles. The number of carbonyl (C=O) groups excluding carboxylic acids is 2. The van der Waals surface area contributed by atoms with Gasteiger partial charge in [-0.3, -0.25) is 4.79 Å². The van der Waals surface area contributed by atoms with E-state index in [0.29, 0.717) is 0 Å². The smallest absolute Gasteiger partial charge is 0.331 e. The summed E-state index contributed by atoms with van der Waals surface area (Å²) in [5, 5.41) is 8.20. The Kier molecular flexibility index (Phi) is 4.76. The van der Waals surface area contributed by atoms with Gasteiger partial charge in [-0.1, -0.05) is 0 Å². The highest BCUT2D eigenvalue weighted by atomic mass is 16.5. The molecule has 0 fully saturated rings. The number of hydrogen-bond acceptors (Lipinski definition) is 4. The lowest BCUT2D eigenvalue weighted by Crippen LogP contribution is -2.09. The monoisotopic (exact) mass is 159 g/mol. The topological polar surface area (TPSA) is 89.6 Å². The molecule has 3 N–H and O–H groups in total. The lowest BCUT2D eigenvalue weighted by molar-refractivity contribution is -0.138. The van der Waals surface area contributed by atoms with Gasteiger partial charge in [-0.05, 0) is 0 Å². The molecule has 0 unspecified atom stereocenters. The Bertz CT molecular complexity index is 175. The van der Waals surface area contributed by atoms with Gasteiger partial charge in [0.2, 0.25) is 5.91 Å². The van der Waals surface area contributed by atoms with E-state index in [0.717, 1.165) is 12.2 Å². The molecule has 0 heterocycles. The van der Waals surface area contributed by atoms with Crippen molar-refractivity contribution in [3.05, 3.63) is 12.2 Å². The third kappa shape index (κ3) is 6.53. The van der Waals surface area contributed by atoms with Gasteiger partial charge in [0.1, 0.15) is 6.61 Å². The summed E-state index contributed by atoms with van der Waals surface area (Å²) >= 11 is 0. The second kappa shape index (κ2) is 5.43. The Morgan fingerprint density at radius 1 is 1.45 bits per heavy atom. The molecule has 0 aromatic carbocycles. The molecule has 0 radical (unpaired) electrons. The van der Waals surface area contributed by atoms with E-state index in [9.17, 15) is 9.59 Å². The van der Waals surface area contributed by atoms with Gasteiger partial charge in [0.05, 0.1) is 6.61 Å². The van der Waals surface area contributed by atoms with Crippen LogP contribution in [-0.4, -0.2) is 30.2 Å². The molecule has 62 valence electrons. The summed E-state index contributed by atoms with van der Waals surface area (Å²) in [5.74, 6) is -1.41. The lowest BCUT2D eigenvalue weighted by atomic mass is 10.5. The van der Waals surface area contributed by atoms with Gasteiger partial charge in [0, 0.05) is 12.2 Å². The number of ether oxygens (including phenoxy) is 1. The summed E-state index contributed by atoms with van der Waals surface area (Å²) in [6, 6.07) is 0. The number of amides is 1. The maximum atomic E-state index is 10.5. The van der Waals surface area contributed by atoms with Crippen LogP contribution in [0, 0.1) is 0 Å². The van der Waals surface area contributed by atoms with Crippen molar-refractivity contribution in [1.29, 1.82) is 0 Å². The van der Waals surface area contributed by atoms with E-state index in [2.05, 4.69) is 10.5 Å². The van der Waals surface area contributed by atoms with Crippen molar-refractivity contribution in [1.82, 2.24) is 0 Å². The number of esters is 1. The largest absolute Gasteiger partial charge is 0.460 e. The van der Waals surface area contributed by atoms with Crippen LogP contribution >= 0.6 is 0 Å². The average molecular weight is 159 g/mol. The van der Waals surface area contributed by atoms with E-state index in [1.807, 2.05) is 0 Å². The number of aliphatic hydroxyl groups excluding tert-OH is 1. The first-order valence-corrected chi connectivity index (χ1v) is 2.92. The lowest BCUT2D eigenvalue weighted by Gasteiger charge is -1.95. The summed E-state index contributed by atoms with van der Waals surface area (Å²) < 4.78 is 4.36.